The summed E-state index contributed by atoms with van der Waals surface area (Å²) in [5.41, 5.74) is 2.04. The van der Waals surface area contributed by atoms with Gasteiger partial charge in [-0.05, 0) is 32.8 Å². The zero-order valence-electron chi connectivity index (χ0n) is 12.5. The summed E-state index contributed by atoms with van der Waals surface area (Å²) >= 11 is 1.68. The molecule has 0 radical (unpaired) electrons. The molecule has 0 fully saturated rings. The highest BCUT2D eigenvalue weighted by Gasteiger charge is 2.29. The van der Waals surface area contributed by atoms with Crippen molar-refractivity contribution in [1.82, 2.24) is 9.78 Å². The molecule has 0 aliphatic carbocycles. The minimum Gasteiger partial charge on any atom is -0.268 e. The van der Waals surface area contributed by atoms with E-state index in [9.17, 15) is 4.79 Å². The molecule has 0 saturated carbocycles. The molecule has 2 aromatic rings. The van der Waals surface area contributed by atoms with Crippen molar-refractivity contribution in [2.45, 2.75) is 38.5 Å². The van der Waals surface area contributed by atoms with Crippen LogP contribution in [-0.2, 0) is 6.42 Å². The second kappa shape index (κ2) is 5.56. The van der Waals surface area contributed by atoms with Gasteiger partial charge in [0.2, 0.25) is 0 Å². The van der Waals surface area contributed by atoms with Gasteiger partial charge in [-0.1, -0.05) is 30.3 Å². The molecule has 21 heavy (non-hydrogen) atoms. The van der Waals surface area contributed by atoms with Gasteiger partial charge in [0.25, 0.3) is 5.56 Å². The molecule has 110 valence electrons. The summed E-state index contributed by atoms with van der Waals surface area (Å²) in [7, 11) is 0. The summed E-state index contributed by atoms with van der Waals surface area (Å²) in [5.74, 6) is 0.798. The minimum atomic E-state index is -0.0108. The molecule has 1 aliphatic rings. The van der Waals surface area contributed by atoms with Crippen molar-refractivity contribution >= 4 is 22.6 Å². The van der Waals surface area contributed by atoms with Crippen LogP contribution in [0.1, 0.15) is 43.2 Å². The van der Waals surface area contributed by atoms with Crippen LogP contribution in [0.4, 0.5) is 5.82 Å². The van der Waals surface area contributed by atoms with Gasteiger partial charge in [-0.15, -0.1) is 11.8 Å². The summed E-state index contributed by atoms with van der Waals surface area (Å²) in [6.07, 6.45) is 0.844. The zero-order valence-corrected chi connectivity index (χ0v) is 13.3. The Bertz CT molecular complexity index is 728. The standard InChI is InChI=1S/C16H19N3OS/c1-10(2)19-15-14(16(20)18-19)13(21-11(3)17-15)9-12-7-5-4-6-8-12/h4-8,10,13H,9H2,1-3H3,(H,18,20). The van der Waals surface area contributed by atoms with Crippen molar-refractivity contribution in [3.8, 4) is 0 Å². The summed E-state index contributed by atoms with van der Waals surface area (Å²) in [4.78, 5) is 16.9. The van der Waals surface area contributed by atoms with Crippen LogP contribution in [0.5, 0.6) is 0 Å². The van der Waals surface area contributed by atoms with Gasteiger partial charge >= 0.3 is 0 Å². The van der Waals surface area contributed by atoms with Crippen LogP contribution in [0.3, 0.4) is 0 Å². The Morgan fingerprint density at radius 3 is 2.71 bits per heavy atom. The largest absolute Gasteiger partial charge is 0.270 e. The molecule has 3 rings (SSSR count). The Morgan fingerprint density at radius 1 is 1.33 bits per heavy atom. The van der Waals surface area contributed by atoms with Gasteiger partial charge in [0.15, 0.2) is 5.82 Å². The topological polar surface area (TPSA) is 50.1 Å². The number of hydrogen-bond donors (Lipinski definition) is 1. The van der Waals surface area contributed by atoms with E-state index in [0.717, 1.165) is 22.8 Å². The number of benzene rings is 1. The number of aromatic nitrogens is 2. The maximum atomic E-state index is 12.3. The molecule has 4 nitrogen and oxygen atoms in total. The van der Waals surface area contributed by atoms with E-state index in [1.54, 1.807) is 11.8 Å². The van der Waals surface area contributed by atoms with E-state index in [2.05, 4.69) is 36.1 Å². The quantitative estimate of drug-likeness (QED) is 0.936. The Balaban J connectivity index is 2.03. The van der Waals surface area contributed by atoms with Crippen molar-refractivity contribution in [2.24, 2.45) is 4.99 Å². The molecule has 1 unspecified atom stereocenters. The first kappa shape index (κ1) is 14.2. The van der Waals surface area contributed by atoms with Gasteiger partial charge in [-0.3, -0.25) is 14.6 Å². The van der Waals surface area contributed by atoms with Crippen LogP contribution in [0.25, 0.3) is 0 Å². The predicted octanol–water partition coefficient (Wildman–Crippen LogP) is 3.84. The average molecular weight is 301 g/mol. The average Bonchev–Trinajstić information content (AvgIpc) is 2.77. The Labute approximate surface area is 128 Å². The lowest BCUT2D eigenvalue weighted by Gasteiger charge is -2.21. The highest BCUT2D eigenvalue weighted by Crippen LogP contribution is 2.41. The number of hydrogen-bond acceptors (Lipinski definition) is 3. The maximum Gasteiger partial charge on any atom is 0.270 e. The maximum absolute atomic E-state index is 12.3. The van der Waals surface area contributed by atoms with Crippen molar-refractivity contribution in [2.75, 3.05) is 0 Å². The lowest BCUT2D eigenvalue weighted by Crippen LogP contribution is -2.14. The molecular formula is C16H19N3OS. The Kier molecular flexibility index (Phi) is 3.76. The van der Waals surface area contributed by atoms with E-state index in [0.29, 0.717) is 0 Å². The first-order valence-electron chi connectivity index (χ1n) is 7.16. The molecule has 0 amide bonds. The summed E-state index contributed by atoms with van der Waals surface area (Å²) in [6.45, 7) is 6.11. The summed E-state index contributed by atoms with van der Waals surface area (Å²) in [6, 6.07) is 10.5. The molecule has 1 aromatic carbocycles. The number of thioether (sulfide) groups is 1. The highest BCUT2D eigenvalue weighted by molar-refractivity contribution is 8.14. The predicted molar refractivity (Wildman–Crippen MR) is 88.7 cm³/mol. The number of aromatic amines is 1. The monoisotopic (exact) mass is 301 g/mol. The van der Waals surface area contributed by atoms with Crippen LogP contribution < -0.4 is 5.56 Å². The molecule has 1 aliphatic heterocycles. The van der Waals surface area contributed by atoms with E-state index in [1.807, 2.05) is 29.8 Å². The van der Waals surface area contributed by atoms with Crippen molar-refractivity contribution in [1.29, 1.82) is 0 Å². The zero-order chi connectivity index (χ0) is 15.0. The van der Waals surface area contributed by atoms with Crippen molar-refractivity contribution < 1.29 is 0 Å². The van der Waals surface area contributed by atoms with Crippen LogP contribution in [0, 0.1) is 0 Å². The van der Waals surface area contributed by atoms with Gasteiger partial charge in [-0.2, -0.15) is 0 Å². The molecule has 2 heterocycles. The molecule has 0 spiro atoms. The summed E-state index contributed by atoms with van der Waals surface area (Å²) < 4.78 is 1.87. The minimum absolute atomic E-state index is 0.0108. The number of rotatable bonds is 3. The smallest absolute Gasteiger partial charge is 0.268 e. The third-order valence-electron chi connectivity index (χ3n) is 3.61. The molecule has 1 N–H and O–H groups in total. The van der Waals surface area contributed by atoms with Crippen molar-refractivity contribution in [3.63, 3.8) is 0 Å². The second-order valence-electron chi connectivity index (χ2n) is 5.57. The fourth-order valence-corrected chi connectivity index (χ4v) is 3.80. The highest BCUT2D eigenvalue weighted by atomic mass is 32.2. The van der Waals surface area contributed by atoms with Gasteiger partial charge in [0.1, 0.15) is 0 Å². The van der Waals surface area contributed by atoms with Gasteiger partial charge in [0, 0.05) is 11.3 Å². The second-order valence-corrected chi connectivity index (χ2v) is 6.96. The number of H-pyrrole nitrogens is 1. The van der Waals surface area contributed by atoms with Crippen LogP contribution in [0.2, 0.25) is 0 Å². The normalized spacial score (nSPS) is 17.7. The summed E-state index contributed by atoms with van der Waals surface area (Å²) in [5, 5.41) is 4.07. The van der Waals surface area contributed by atoms with E-state index in [-0.39, 0.29) is 16.9 Å². The van der Waals surface area contributed by atoms with Gasteiger partial charge in [-0.25, -0.2) is 4.99 Å². The third-order valence-corrected chi connectivity index (χ3v) is 4.73. The Morgan fingerprint density at radius 2 is 2.05 bits per heavy atom. The van der Waals surface area contributed by atoms with E-state index in [1.165, 1.54) is 5.56 Å². The van der Waals surface area contributed by atoms with Crippen LogP contribution in [-0.4, -0.2) is 14.8 Å². The SMILES string of the molecule is CC1=Nc2c(c(=O)[nH]n2C(C)C)C(Cc2ccccc2)S1. The van der Waals surface area contributed by atoms with Crippen LogP contribution >= 0.6 is 11.8 Å². The first-order chi connectivity index (χ1) is 10.1. The lowest BCUT2D eigenvalue weighted by molar-refractivity contribution is 0.533. The van der Waals surface area contributed by atoms with E-state index < -0.39 is 0 Å². The lowest BCUT2D eigenvalue weighted by atomic mass is 10.1. The van der Waals surface area contributed by atoms with Gasteiger partial charge < -0.3 is 0 Å². The van der Waals surface area contributed by atoms with E-state index in [4.69, 9.17) is 0 Å². The van der Waals surface area contributed by atoms with Crippen LogP contribution in [0.15, 0.2) is 40.1 Å². The third kappa shape index (κ3) is 2.70. The molecule has 5 heteroatoms. The molecule has 0 saturated heterocycles. The Hall–Kier alpha value is -1.75. The van der Waals surface area contributed by atoms with E-state index >= 15 is 0 Å². The van der Waals surface area contributed by atoms with Gasteiger partial charge in [0.05, 0.1) is 10.6 Å². The molecule has 1 aromatic heterocycles. The number of nitrogens with zero attached hydrogens (tertiary/aromatic N) is 2. The fourth-order valence-electron chi connectivity index (χ4n) is 2.64. The number of fused-ring (bicyclic) bond motifs is 1. The fraction of sp³-hybridized carbons (Fsp3) is 0.375. The number of nitrogens with one attached hydrogen (secondary N) is 1. The first-order valence-corrected chi connectivity index (χ1v) is 8.04. The molecule has 0 bridgehead atoms. The number of aliphatic imine (C=N–C) groups is 1. The molecular weight excluding hydrogens is 282 g/mol. The molecule has 1 atom stereocenters. The van der Waals surface area contributed by atoms with Crippen molar-refractivity contribution in [3.05, 3.63) is 51.8 Å².